The van der Waals surface area contributed by atoms with Gasteiger partial charge in [0.15, 0.2) is 0 Å². The number of fused-ring (bicyclic) bond motifs is 1. The molecule has 0 bridgehead atoms. The van der Waals surface area contributed by atoms with Crippen LogP contribution in [-0.4, -0.2) is 40.2 Å². The molecule has 1 aliphatic heterocycles. The van der Waals surface area contributed by atoms with Crippen LogP contribution in [0, 0.1) is 5.92 Å². The molecule has 3 rings (SSSR count). The second kappa shape index (κ2) is 5.70. The van der Waals surface area contributed by atoms with Crippen molar-refractivity contribution >= 4 is 28.4 Å². The first-order chi connectivity index (χ1) is 10.1. The van der Waals surface area contributed by atoms with Crippen LogP contribution >= 0.6 is 11.6 Å². The number of carbonyl (C=O) groups excluding carboxylic acids is 1. The van der Waals surface area contributed by atoms with Crippen molar-refractivity contribution in [3.05, 3.63) is 35.0 Å². The number of aromatic nitrogens is 1. The molecule has 1 aliphatic rings. The molecule has 2 heterocycles. The second-order valence-corrected chi connectivity index (χ2v) is 6.03. The normalized spacial score (nSPS) is 16.6. The van der Waals surface area contributed by atoms with Gasteiger partial charge in [-0.05, 0) is 24.8 Å². The minimum Gasteiger partial charge on any atom is -0.396 e. The van der Waals surface area contributed by atoms with Gasteiger partial charge in [-0.2, -0.15) is 0 Å². The molecule has 1 amide bonds. The molecular formula is C16H19ClN2O2. The quantitative estimate of drug-likeness (QED) is 0.927. The highest BCUT2D eigenvalue weighted by Gasteiger charge is 2.27. The number of nitrogens with zero attached hydrogens (tertiary/aromatic N) is 2. The number of rotatable bonds is 2. The largest absolute Gasteiger partial charge is 0.396 e. The van der Waals surface area contributed by atoms with Gasteiger partial charge >= 0.3 is 0 Å². The molecule has 0 saturated carbocycles. The number of hydrogen-bond acceptors (Lipinski definition) is 2. The molecule has 0 spiro atoms. The molecule has 1 N–H and O–H groups in total. The molecular weight excluding hydrogens is 288 g/mol. The van der Waals surface area contributed by atoms with Gasteiger partial charge in [0.25, 0.3) is 5.91 Å². The maximum absolute atomic E-state index is 12.8. The lowest BCUT2D eigenvalue weighted by Gasteiger charge is -2.31. The molecule has 1 fully saturated rings. The Morgan fingerprint density at radius 1 is 1.33 bits per heavy atom. The van der Waals surface area contributed by atoms with E-state index in [1.807, 2.05) is 40.8 Å². The zero-order chi connectivity index (χ0) is 15.0. The van der Waals surface area contributed by atoms with Crippen molar-refractivity contribution in [3.63, 3.8) is 0 Å². The number of aliphatic hydroxyl groups excluding tert-OH is 1. The summed E-state index contributed by atoms with van der Waals surface area (Å²) in [6, 6.07) is 7.78. The van der Waals surface area contributed by atoms with Crippen molar-refractivity contribution in [3.8, 4) is 0 Å². The summed E-state index contributed by atoms with van der Waals surface area (Å²) in [6.07, 6.45) is 1.70. The fourth-order valence-corrected chi connectivity index (χ4v) is 3.42. The first-order valence-corrected chi connectivity index (χ1v) is 7.64. The van der Waals surface area contributed by atoms with E-state index < -0.39 is 0 Å². The Balaban J connectivity index is 1.92. The van der Waals surface area contributed by atoms with Crippen LogP contribution in [0.3, 0.4) is 0 Å². The third-order valence-corrected chi connectivity index (χ3v) is 4.79. The predicted octanol–water partition coefficient (Wildman–Crippen LogP) is 2.68. The van der Waals surface area contributed by atoms with Crippen LogP contribution in [0.5, 0.6) is 0 Å². The lowest BCUT2D eigenvalue weighted by molar-refractivity contribution is 0.0642. The third-order valence-electron chi connectivity index (χ3n) is 4.41. The highest BCUT2D eigenvalue weighted by molar-refractivity contribution is 6.38. The van der Waals surface area contributed by atoms with Crippen molar-refractivity contribution in [1.82, 2.24) is 9.47 Å². The summed E-state index contributed by atoms with van der Waals surface area (Å²) in [7, 11) is 1.88. The summed E-state index contributed by atoms with van der Waals surface area (Å²) in [4.78, 5) is 14.6. The average Bonchev–Trinajstić information content (AvgIpc) is 2.79. The van der Waals surface area contributed by atoms with Gasteiger partial charge < -0.3 is 14.6 Å². The molecule has 4 nitrogen and oxygen atoms in total. The molecule has 1 saturated heterocycles. The highest BCUT2D eigenvalue weighted by atomic mass is 35.5. The summed E-state index contributed by atoms with van der Waals surface area (Å²) in [5.41, 5.74) is 1.52. The minimum absolute atomic E-state index is 0.0184. The Morgan fingerprint density at radius 3 is 2.62 bits per heavy atom. The first kappa shape index (κ1) is 14.4. The van der Waals surface area contributed by atoms with Gasteiger partial charge in [-0.1, -0.05) is 29.8 Å². The molecule has 0 radical (unpaired) electrons. The summed E-state index contributed by atoms with van der Waals surface area (Å²) >= 11 is 6.42. The molecule has 0 aliphatic carbocycles. The SMILES string of the molecule is Cn1c(C(=O)N2CCC(CO)CC2)c(Cl)c2ccccc21. The number of piperidine rings is 1. The molecule has 1 aromatic heterocycles. The monoisotopic (exact) mass is 306 g/mol. The first-order valence-electron chi connectivity index (χ1n) is 7.26. The van der Waals surface area contributed by atoms with Gasteiger partial charge in [0.2, 0.25) is 0 Å². The predicted molar refractivity (Wildman–Crippen MR) is 83.6 cm³/mol. The summed E-state index contributed by atoms with van der Waals surface area (Å²) in [5.74, 6) is 0.298. The number of benzene rings is 1. The Bertz CT molecular complexity index is 633. The molecule has 112 valence electrons. The van der Waals surface area contributed by atoms with Gasteiger partial charge in [0.05, 0.1) is 5.02 Å². The van der Waals surface area contributed by atoms with Crippen molar-refractivity contribution in [2.24, 2.45) is 13.0 Å². The van der Waals surface area contributed by atoms with E-state index in [1.165, 1.54) is 0 Å². The lowest BCUT2D eigenvalue weighted by atomic mass is 9.98. The maximum Gasteiger partial charge on any atom is 0.272 e. The van der Waals surface area contributed by atoms with E-state index in [2.05, 4.69) is 0 Å². The van der Waals surface area contributed by atoms with E-state index in [4.69, 9.17) is 11.6 Å². The minimum atomic E-state index is -0.0184. The Kier molecular flexibility index (Phi) is 3.91. The van der Waals surface area contributed by atoms with Crippen LogP contribution in [0.15, 0.2) is 24.3 Å². The molecule has 1 aromatic carbocycles. The van der Waals surface area contributed by atoms with Crippen LogP contribution in [-0.2, 0) is 7.05 Å². The molecule has 5 heteroatoms. The van der Waals surface area contributed by atoms with E-state index in [0.717, 1.165) is 23.7 Å². The number of halogens is 1. The van der Waals surface area contributed by atoms with Gasteiger partial charge in [0, 0.05) is 37.6 Å². The zero-order valence-electron chi connectivity index (χ0n) is 12.1. The van der Waals surface area contributed by atoms with Gasteiger partial charge in [-0.3, -0.25) is 4.79 Å². The van der Waals surface area contributed by atoms with E-state index in [9.17, 15) is 9.90 Å². The fraction of sp³-hybridized carbons (Fsp3) is 0.438. The Morgan fingerprint density at radius 2 is 2.00 bits per heavy atom. The van der Waals surface area contributed by atoms with Crippen molar-refractivity contribution in [1.29, 1.82) is 0 Å². The van der Waals surface area contributed by atoms with Crippen LogP contribution in [0.4, 0.5) is 0 Å². The molecule has 21 heavy (non-hydrogen) atoms. The number of amides is 1. The zero-order valence-corrected chi connectivity index (χ0v) is 12.8. The van der Waals surface area contributed by atoms with Crippen molar-refractivity contribution < 1.29 is 9.90 Å². The Labute approximate surface area is 128 Å². The highest BCUT2D eigenvalue weighted by Crippen LogP contribution is 2.31. The van der Waals surface area contributed by atoms with E-state index in [-0.39, 0.29) is 12.5 Å². The van der Waals surface area contributed by atoms with Crippen molar-refractivity contribution in [2.45, 2.75) is 12.8 Å². The van der Waals surface area contributed by atoms with Crippen LogP contribution in [0.1, 0.15) is 23.3 Å². The summed E-state index contributed by atoms with van der Waals surface area (Å²) < 4.78 is 1.87. The van der Waals surface area contributed by atoms with Crippen LogP contribution < -0.4 is 0 Å². The number of aryl methyl sites for hydroxylation is 1. The fourth-order valence-electron chi connectivity index (χ4n) is 3.05. The van der Waals surface area contributed by atoms with E-state index >= 15 is 0 Å². The Hall–Kier alpha value is -1.52. The van der Waals surface area contributed by atoms with E-state index in [1.54, 1.807) is 0 Å². The third kappa shape index (κ3) is 2.43. The van der Waals surface area contributed by atoms with Crippen molar-refractivity contribution in [2.75, 3.05) is 19.7 Å². The summed E-state index contributed by atoms with van der Waals surface area (Å²) in [5, 5.41) is 10.6. The molecule has 0 unspecified atom stereocenters. The number of para-hydroxylation sites is 1. The molecule has 2 aromatic rings. The van der Waals surface area contributed by atoms with E-state index in [0.29, 0.717) is 29.7 Å². The number of carbonyl (C=O) groups is 1. The number of likely N-dealkylation sites (tertiary alicyclic amines) is 1. The number of aliphatic hydroxyl groups is 1. The van der Waals surface area contributed by atoms with Gasteiger partial charge in [0.1, 0.15) is 5.69 Å². The smallest absolute Gasteiger partial charge is 0.272 e. The standard InChI is InChI=1S/C16H19ClN2O2/c1-18-13-5-3-2-4-12(13)14(17)15(18)16(21)19-8-6-11(10-20)7-9-19/h2-5,11,20H,6-10H2,1H3. The second-order valence-electron chi connectivity index (χ2n) is 5.66. The lowest BCUT2D eigenvalue weighted by Crippen LogP contribution is -2.40. The average molecular weight is 307 g/mol. The number of hydrogen-bond donors (Lipinski definition) is 1. The summed E-state index contributed by atoms with van der Waals surface area (Å²) in [6.45, 7) is 1.57. The maximum atomic E-state index is 12.8. The van der Waals surface area contributed by atoms with Crippen LogP contribution in [0.2, 0.25) is 5.02 Å². The molecule has 0 atom stereocenters. The van der Waals surface area contributed by atoms with Crippen LogP contribution in [0.25, 0.3) is 10.9 Å². The van der Waals surface area contributed by atoms with Gasteiger partial charge in [-0.25, -0.2) is 0 Å². The van der Waals surface area contributed by atoms with Gasteiger partial charge in [-0.15, -0.1) is 0 Å². The topological polar surface area (TPSA) is 45.5 Å².